The van der Waals surface area contributed by atoms with Crippen molar-refractivity contribution in [1.29, 1.82) is 0 Å². The third-order valence-electron chi connectivity index (χ3n) is 2.68. The van der Waals surface area contributed by atoms with Gasteiger partial charge in [-0.2, -0.15) is 8.78 Å². The smallest absolute Gasteiger partial charge is 0.399 e. The van der Waals surface area contributed by atoms with Crippen molar-refractivity contribution in [2.75, 3.05) is 0 Å². The Morgan fingerprint density at radius 3 is 2.57 bits per heavy atom. The first-order valence-electron chi connectivity index (χ1n) is 5.38. The van der Waals surface area contributed by atoms with Gasteiger partial charge in [0.15, 0.2) is 0 Å². The highest BCUT2D eigenvalue weighted by Gasteiger charge is 2.51. The zero-order valence-electron chi connectivity index (χ0n) is 10.1. The topological polar surface area (TPSA) is 103 Å². The Bertz CT molecular complexity index is 778. The molecule has 112 valence electrons. The van der Waals surface area contributed by atoms with Crippen LogP contribution in [0.3, 0.4) is 0 Å². The summed E-state index contributed by atoms with van der Waals surface area (Å²) in [5.41, 5.74) is -4.92. The summed E-state index contributed by atoms with van der Waals surface area (Å²) >= 11 is 2.88. The van der Waals surface area contributed by atoms with Crippen LogP contribution in [0.25, 0.3) is 10.9 Å². The number of hydrogen-bond donors (Lipinski definition) is 3. The van der Waals surface area contributed by atoms with Crippen molar-refractivity contribution in [2.24, 2.45) is 5.16 Å². The minimum Gasteiger partial charge on any atom is -0.411 e. The molecular weight excluding hydrogens is 373 g/mol. The maximum absolute atomic E-state index is 13.8. The van der Waals surface area contributed by atoms with Crippen LogP contribution in [0, 0.1) is 0 Å². The highest BCUT2D eigenvalue weighted by atomic mass is 79.9. The molecule has 0 amide bonds. The molecule has 0 aliphatic carbocycles. The lowest BCUT2D eigenvalue weighted by Gasteiger charge is -2.19. The summed E-state index contributed by atoms with van der Waals surface area (Å²) in [4.78, 5) is 21.5. The van der Waals surface area contributed by atoms with E-state index in [0.717, 1.165) is 12.3 Å². The zero-order chi connectivity index (χ0) is 15.8. The van der Waals surface area contributed by atoms with E-state index in [1.165, 1.54) is 12.1 Å². The van der Waals surface area contributed by atoms with Crippen LogP contribution < -0.4 is 0 Å². The van der Waals surface area contributed by atoms with Gasteiger partial charge in [0.05, 0.1) is 17.4 Å². The second-order valence-corrected chi connectivity index (χ2v) is 6.59. The number of rotatable bonds is 3. The molecule has 0 unspecified atom stereocenters. The Morgan fingerprint density at radius 1 is 1.33 bits per heavy atom. The molecule has 10 heteroatoms. The van der Waals surface area contributed by atoms with Gasteiger partial charge in [0.1, 0.15) is 0 Å². The van der Waals surface area contributed by atoms with E-state index in [0.29, 0.717) is 5.39 Å². The second-order valence-electron chi connectivity index (χ2n) is 4.09. The van der Waals surface area contributed by atoms with Crippen LogP contribution in [-0.4, -0.2) is 26.2 Å². The van der Waals surface area contributed by atoms with Crippen LogP contribution in [0.2, 0.25) is 0 Å². The molecule has 0 saturated carbocycles. The third kappa shape index (κ3) is 2.96. The normalized spacial score (nSPS) is 13.2. The Hall–Kier alpha value is -1.41. The van der Waals surface area contributed by atoms with Crippen LogP contribution in [0.5, 0.6) is 0 Å². The van der Waals surface area contributed by atoms with E-state index in [4.69, 9.17) is 15.0 Å². The third-order valence-corrected chi connectivity index (χ3v) is 4.31. The zero-order valence-corrected chi connectivity index (χ0v) is 12.6. The molecule has 0 saturated heterocycles. The van der Waals surface area contributed by atoms with Gasteiger partial charge in [-0.25, -0.2) is 4.98 Å². The molecule has 0 radical (unpaired) electrons. The van der Waals surface area contributed by atoms with E-state index in [9.17, 15) is 13.3 Å². The summed E-state index contributed by atoms with van der Waals surface area (Å²) in [5.74, 6) is 0. The fourth-order valence-corrected chi connectivity index (χ4v) is 2.94. The average Bonchev–Trinajstić information content (AvgIpc) is 2.37. The molecule has 0 spiro atoms. The molecular formula is C11H8BrF2N2O4P. The average molecular weight is 381 g/mol. The minimum atomic E-state index is -5.68. The standard InChI is InChI=1S/C11H8BrF2N2O4P/c12-9-3-6-1-2-7(5-15-17)16-10(6)4-8(9)11(13,14)21(18,19)20/h1-5,17H,(H2,18,19,20)/b15-5-. The fraction of sp³-hybridized carbons (Fsp3) is 0.0909. The molecule has 0 aliphatic heterocycles. The Labute approximate surface area is 125 Å². The first-order valence-corrected chi connectivity index (χ1v) is 7.79. The number of alkyl halides is 2. The van der Waals surface area contributed by atoms with Gasteiger partial charge in [0.25, 0.3) is 0 Å². The fourth-order valence-electron chi connectivity index (χ4n) is 1.68. The van der Waals surface area contributed by atoms with Gasteiger partial charge in [-0.1, -0.05) is 27.2 Å². The molecule has 21 heavy (non-hydrogen) atoms. The molecule has 2 aromatic rings. The maximum atomic E-state index is 13.8. The van der Waals surface area contributed by atoms with E-state index >= 15 is 0 Å². The van der Waals surface area contributed by atoms with E-state index in [2.05, 4.69) is 26.1 Å². The number of aromatic nitrogens is 1. The van der Waals surface area contributed by atoms with Crippen molar-refractivity contribution in [1.82, 2.24) is 4.98 Å². The number of nitrogens with zero attached hydrogens (tertiary/aromatic N) is 2. The lowest BCUT2D eigenvalue weighted by Crippen LogP contribution is -2.14. The van der Waals surface area contributed by atoms with Gasteiger partial charge in [-0.3, -0.25) is 4.57 Å². The number of fused-ring (bicyclic) bond motifs is 1. The predicted molar refractivity (Wildman–Crippen MR) is 74.8 cm³/mol. The predicted octanol–water partition coefficient (Wildman–Crippen LogP) is 3.03. The van der Waals surface area contributed by atoms with E-state index in [1.54, 1.807) is 6.07 Å². The SMILES string of the molecule is O=P(O)(O)C(F)(F)c1cc2nc(/C=N\O)ccc2cc1Br. The van der Waals surface area contributed by atoms with Crippen molar-refractivity contribution >= 4 is 40.6 Å². The van der Waals surface area contributed by atoms with Crippen LogP contribution in [0.4, 0.5) is 8.78 Å². The van der Waals surface area contributed by atoms with Gasteiger partial charge < -0.3 is 15.0 Å². The molecule has 1 aromatic carbocycles. The summed E-state index contributed by atoms with van der Waals surface area (Å²) in [5, 5.41) is 11.7. The number of halogens is 3. The summed E-state index contributed by atoms with van der Waals surface area (Å²) < 4.78 is 38.4. The molecule has 1 aromatic heterocycles. The van der Waals surface area contributed by atoms with Crippen LogP contribution in [0.15, 0.2) is 33.9 Å². The summed E-state index contributed by atoms with van der Waals surface area (Å²) in [6.45, 7) is 0. The Morgan fingerprint density at radius 2 is 2.00 bits per heavy atom. The quantitative estimate of drug-likeness (QED) is 0.328. The number of hydrogen-bond acceptors (Lipinski definition) is 4. The molecule has 3 N–H and O–H groups in total. The Balaban J connectivity index is 2.71. The lowest BCUT2D eigenvalue weighted by molar-refractivity contribution is 0.0558. The van der Waals surface area contributed by atoms with Gasteiger partial charge in [-0.05, 0) is 18.2 Å². The molecule has 0 fully saturated rings. The van der Waals surface area contributed by atoms with Crippen LogP contribution >= 0.6 is 23.5 Å². The van der Waals surface area contributed by atoms with Gasteiger partial charge >= 0.3 is 13.3 Å². The second kappa shape index (κ2) is 5.42. The molecule has 6 nitrogen and oxygen atoms in total. The molecule has 1 heterocycles. The minimum absolute atomic E-state index is 0.0822. The lowest BCUT2D eigenvalue weighted by atomic mass is 10.1. The van der Waals surface area contributed by atoms with Crippen molar-refractivity contribution in [3.05, 3.63) is 40.0 Å². The Kier molecular flexibility index (Phi) is 4.12. The summed E-state index contributed by atoms with van der Waals surface area (Å²) in [7, 11) is -5.68. The van der Waals surface area contributed by atoms with Gasteiger partial charge in [0, 0.05) is 15.4 Å². The summed E-state index contributed by atoms with van der Waals surface area (Å²) in [6.07, 6.45) is 1.00. The first-order chi connectivity index (χ1) is 9.66. The summed E-state index contributed by atoms with van der Waals surface area (Å²) in [6, 6.07) is 5.20. The van der Waals surface area contributed by atoms with Crippen molar-refractivity contribution in [3.8, 4) is 0 Å². The molecule has 2 rings (SSSR count). The highest BCUT2D eigenvalue weighted by molar-refractivity contribution is 9.10. The monoisotopic (exact) mass is 380 g/mol. The first kappa shape index (κ1) is 16.0. The van der Waals surface area contributed by atoms with Crippen LogP contribution in [0.1, 0.15) is 11.3 Å². The molecule has 0 atom stereocenters. The van der Waals surface area contributed by atoms with E-state index in [1.807, 2.05) is 0 Å². The highest BCUT2D eigenvalue weighted by Crippen LogP contribution is 2.60. The number of benzene rings is 1. The van der Waals surface area contributed by atoms with Crippen molar-refractivity contribution in [2.45, 2.75) is 5.66 Å². The van der Waals surface area contributed by atoms with Crippen LogP contribution in [-0.2, 0) is 10.2 Å². The van der Waals surface area contributed by atoms with Gasteiger partial charge in [0.2, 0.25) is 0 Å². The largest absolute Gasteiger partial charge is 0.411 e. The van der Waals surface area contributed by atoms with Crippen molar-refractivity contribution < 1.29 is 28.3 Å². The maximum Gasteiger partial charge on any atom is 0.399 e. The molecule has 0 aliphatic rings. The number of pyridine rings is 1. The van der Waals surface area contributed by atoms with Crippen molar-refractivity contribution in [3.63, 3.8) is 0 Å². The number of oxime groups is 1. The molecule has 0 bridgehead atoms. The van der Waals surface area contributed by atoms with E-state index in [-0.39, 0.29) is 15.7 Å². The van der Waals surface area contributed by atoms with Gasteiger partial charge in [-0.15, -0.1) is 0 Å². The van der Waals surface area contributed by atoms with E-state index < -0.39 is 18.8 Å².